The van der Waals surface area contributed by atoms with Crippen molar-refractivity contribution in [3.05, 3.63) is 71.0 Å². The van der Waals surface area contributed by atoms with Gasteiger partial charge in [-0.15, -0.1) is 0 Å². The number of nitriles is 1. The molecule has 0 aliphatic carbocycles. The molecule has 0 fully saturated rings. The van der Waals surface area contributed by atoms with Crippen LogP contribution in [0.5, 0.6) is 5.75 Å². The lowest BCUT2D eigenvalue weighted by atomic mass is 10.1. The molecular formula is C26H26F2N6O3. The lowest BCUT2D eigenvalue weighted by molar-refractivity contribution is 0.0948. The van der Waals surface area contributed by atoms with Crippen LogP contribution in [0.25, 0.3) is 0 Å². The Morgan fingerprint density at radius 2 is 2.00 bits per heavy atom. The van der Waals surface area contributed by atoms with Crippen LogP contribution in [0.2, 0.25) is 0 Å². The van der Waals surface area contributed by atoms with Gasteiger partial charge >= 0.3 is 0 Å². The number of benzene rings is 2. The molecule has 1 aliphatic heterocycles. The summed E-state index contributed by atoms with van der Waals surface area (Å²) < 4.78 is 33.1. The summed E-state index contributed by atoms with van der Waals surface area (Å²) >= 11 is 0. The quantitative estimate of drug-likeness (QED) is 0.495. The number of amides is 2. The van der Waals surface area contributed by atoms with Crippen molar-refractivity contribution in [1.29, 1.82) is 5.26 Å². The summed E-state index contributed by atoms with van der Waals surface area (Å²) in [5, 5.41) is 16.5. The van der Waals surface area contributed by atoms with E-state index in [9.17, 15) is 23.6 Å². The smallest absolute Gasteiger partial charge is 0.279 e. The molecule has 1 aliphatic rings. The highest BCUT2D eigenvalue weighted by Crippen LogP contribution is 2.30. The van der Waals surface area contributed by atoms with Crippen molar-refractivity contribution in [3.8, 4) is 11.8 Å². The maximum Gasteiger partial charge on any atom is 0.279 e. The van der Waals surface area contributed by atoms with E-state index in [1.165, 1.54) is 52.2 Å². The van der Waals surface area contributed by atoms with Crippen molar-refractivity contribution < 1.29 is 23.1 Å². The lowest BCUT2D eigenvalue weighted by Gasteiger charge is -2.34. The minimum atomic E-state index is -2.60. The van der Waals surface area contributed by atoms with Crippen LogP contribution in [-0.2, 0) is 6.54 Å². The fourth-order valence-corrected chi connectivity index (χ4v) is 4.06. The largest absolute Gasteiger partial charge is 0.491 e. The van der Waals surface area contributed by atoms with Crippen molar-refractivity contribution in [1.82, 2.24) is 14.7 Å². The van der Waals surface area contributed by atoms with Crippen molar-refractivity contribution in [2.45, 2.75) is 25.9 Å². The summed E-state index contributed by atoms with van der Waals surface area (Å²) in [5.41, 5.74) is 1.15. The monoisotopic (exact) mass is 508 g/mol. The SMILES string of the molecule is C[C@H]1Cn2ncc(NC(=O)c3ccc(OCCN(C)C)c(C#N)c3)c2C(=O)N1c1ccc(C(F)F)cc1. The van der Waals surface area contributed by atoms with Gasteiger partial charge < -0.3 is 19.9 Å². The summed E-state index contributed by atoms with van der Waals surface area (Å²) in [6.07, 6.45) is -1.21. The Hall–Kier alpha value is -4.30. The Balaban J connectivity index is 1.54. The van der Waals surface area contributed by atoms with Gasteiger partial charge in [-0.05, 0) is 51.4 Å². The number of nitrogens with one attached hydrogen (secondary N) is 1. The Morgan fingerprint density at radius 3 is 2.65 bits per heavy atom. The maximum absolute atomic E-state index is 13.4. The van der Waals surface area contributed by atoms with Crippen LogP contribution in [-0.4, -0.2) is 59.8 Å². The van der Waals surface area contributed by atoms with Gasteiger partial charge in [0.25, 0.3) is 18.2 Å². The number of likely N-dealkylation sites (N-methyl/N-ethyl adjacent to an activating group) is 1. The number of fused-ring (bicyclic) bond motifs is 1. The normalized spacial score (nSPS) is 15.0. The van der Waals surface area contributed by atoms with E-state index >= 15 is 0 Å². The molecule has 9 nitrogen and oxygen atoms in total. The first-order chi connectivity index (χ1) is 17.7. The number of nitrogens with zero attached hydrogens (tertiary/aromatic N) is 5. The van der Waals surface area contributed by atoms with Crippen molar-refractivity contribution in [2.24, 2.45) is 0 Å². The zero-order valence-corrected chi connectivity index (χ0v) is 20.6. The van der Waals surface area contributed by atoms with Gasteiger partial charge in [-0.25, -0.2) is 8.78 Å². The zero-order chi connectivity index (χ0) is 26.7. The van der Waals surface area contributed by atoms with Crippen molar-refractivity contribution in [3.63, 3.8) is 0 Å². The number of halogens is 2. The summed E-state index contributed by atoms with van der Waals surface area (Å²) in [4.78, 5) is 29.9. The van der Waals surface area contributed by atoms with E-state index in [2.05, 4.69) is 10.4 Å². The highest BCUT2D eigenvalue weighted by atomic mass is 19.3. The molecule has 4 rings (SSSR count). The second-order valence-corrected chi connectivity index (χ2v) is 8.93. The Bertz CT molecular complexity index is 1350. The fourth-order valence-electron chi connectivity index (χ4n) is 4.06. The molecule has 0 radical (unpaired) electrons. The molecule has 192 valence electrons. The number of alkyl halides is 2. The number of carbonyl (C=O) groups excluding carboxylic acids is 2. The van der Waals surface area contributed by atoms with Crippen LogP contribution in [0, 0.1) is 11.3 Å². The van der Waals surface area contributed by atoms with E-state index in [0.717, 1.165) is 0 Å². The molecule has 0 bridgehead atoms. The van der Waals surface area contributed by atoms with Crippen LogP contribution < -0.4 is 15.0 Å². The standard InChI is InChI=1S/C26H26F2N6O3/c1-16-15-33-23(26(36)34(16)20-7-4-17(5-8-20)24(27)28)21(14-30-33)31-25(35)18-6-9-22(19(12-18)13-29)37-11-10-32(2)3/h4-9,12,14,16,24H,10-11,15H2,1-3H3,(H,31,35)/t16-/m0/s1. The van der Waals surface area contributed by atoms with Crippen LogP contribution in [0.4, 0.5) is 20.2 Å². The molecule has 2 aromatic carbocycles. The number of anilines is 2. The molecule has 0 saturated carbocycles. The van der Waals surface area contributed by atoms with E-state index in [0.29, 0.717) is 31.1 Å². The molecule has 0 saturated heterocycles. The summed E-state index contributed by atoms with van der Waals surface area (Å²) in [7, 11) is 3.82. The average molecular weight is 509 g/mol. The van der Waals surface area contributed by atoms with Gasteiger partial charge in [-0.3, -0.25) is 14.3 Å². The first-order valence-corrected chi connectivity index (χ1v) is 11.6. The molecule has 0 unspecified atom stereocenters. The number of rotatable bonds is 8. The molecule has 37 heavy (non-hydrogen) atoms. The molecular weight excluding hydrogens is 482 g/mol. The van der Waals surface area contributed by atoms with Gasteiger partial charge in [0.1, 0.15) is 24.1 Å². The van der Waals surface area contributed by atoms with Gasteiger partial charge in [0.05, 0.1) is 30.0 Å². The number of hydrogen-bond acceptors (Lipinski definition) is 6. The van der Waals surface area contributed by atoms with Gasteiger partial charge in [0.15, 0.2) is 0 Å². The second kappa shape index (κ2) is 10.8. The van der Waals surface area contributed by atoms with Crippen molar-refractivity contribution >= 4 is 23.2 Å². The summed E-state index contributed by atoms with van der Waals surface area (Å²) in [6, 6.07) is 11.8. The van der Waals surface area contributed by atoms with E-state index in [1.54, 1.807) is 6.07 Å². The van der Waals surface area contributed by atoms with Crippen LogP contribution in [0.3, 0.4) is 0 Å². The minimum absolute atomic E-state index is 0.135. The second-order valence-electron chi connectivity index (χ2n) is 8.93. The number of ether oxygens (including phenoxy) is 1. The number of carbonyl (C=O) groups is 2. The van der Waals surface area contributed by atoms with Gasteiger partial charge in [-0.2, -0.15) is 10.4 Å². The van der Waals surface area contributed by atoms with E-state index < -0.39 is 18.2 Å². The Labute approximate surface area is 212 Å². The first kappa shape index (κ1) is 25.8. The third-order valence-electron chi connectivity index (χ3n) is 5.97. The summed E-state index contributed by atoms with van der Waals surface area (Å²) in [5.74, 6) is -0.563. The third kappa shape index (κ3) is 5.44. The van der Waals surface area contributed by atoms with Crippen molar-refractivity contribution in [2.75, 3.05) is 37.5 Å². The highest BCUT2D eigenvalue weighted by molar-refractivity contribution is 6.13. The highest BCUT2D eigenvalue weighted by Gasteiger charge is 2.34. The number of hydrogen-bond donors (Lipinski definition) is 1. The predicted molar refractivity (Wildman–Crippen MR) is 133 cm³/mol. The first-order valence-electron chi connectivity index (χ1n) is 11.6. The van der Waals surface area contributed by atoms with E-state index in [-0.39, 0.29) is 34.1 Å². The molecule has 11 heteroatoms. The molecule has 2 amide bonds. The maximum atomic E-state index is 13.4. The van der Waals surface area contributed by atoms with E-state index in [1.807, 2.05) is 32.0 Å². The topological polar surface area (TPSA) is 103 Å². The predicted octanol–water partition coefficient (Wildman–Crippen LogP) is 3.93. The molecule has 3 aromatic rings. The Kier molecular flexibility index (Phi) is 7.50. The van der Waals surface area contributed by atoms with E-state index in [4.69, 9.17) is 4.74 Å². The van der Waals surface area contributed by atoms with Crippen LogP contribution >= 0.6 is 0 Å². The average Bonchev–Trinajstić information content (AvgIpc) is 3.26. The molecule has 1 aromatic heterocycles. The molecule has 1 atom stereocenters. The van der Waals surface area contributed by atoms with Gasteiger partial charge in [-0.1, -0.05) is 12.1 Å². The third-order valence-corrected chi connectivity index (χ3v) is 5.97. The van der Waals surface area contributed by atoms with Crippen LogP contribution in [0.15, 0.2) is 48.7 Å². The molecule has 1 N–H and O–H groups in total. The molecule has 2 heterocycles. The molecule has 0 spiro atoms. The fraction of sp³-hybridized carbons (Fsp3) is 0.308. The lowest BCUT2D eigenvalue weighted by Crippen LogP contribution is -2.47. The van der Waals surface area contributed by atoms with Gasteiger partial charge in [0.2, 0.25) is 0 Å². The van der Waals surface area contributed by atoms with Gasteiger partial charge in [0, 0.05) is 23.4 Å². The Morgan fingerprint density at radius 1 is 1.27 bits per heavy atom. The zero-order valence-electron chi connectivity index (χ0n) is 20.6. The number of aromatic nitrogens is 2. The van der Waals surface area contributed by atoms with Crippen LogP contribution in [0.1, 0.15) is 45.3 Å². The summed E-state index contributed by atoms with van der Waals surface area (Å²) in [6.45, 7) is 3.23. The minimum Gasteiger partial charge on any atom is -0.491 e.